The van der Waals surface area contributed by atoms with E-state index in [0.717, 1.165) is 19.7 Å². The highest BCUT2D eigenvalue weighted by molar-refractivity contribution is 5.37. The van der Waals surface area contributed by atoms with E-state index in [4.69, 9.17) is 10.5 Å². The van der Waals surface area contributed by atoms with Crippen molar-refractivity contribution in [2.45, 2.75) is 19.5 Å². The fourth-order valence-corrected chi connectivity index (χ4v) is 2.41. The Morgan fingerprint density at radius 3 is 3.00 bits per heavy atom. The van der Waals surface area contributed by atoms with Crippen molar-refractivity contribution in [3.63, 3.8) is 0 Å². The van der Waals surface area contributed by atoms with Crippen molar-refractivity contribution < 1.29 is 4.74 Å². The molecule has 2 rings (SSSR count). The number of rotatable bonds is 4. The zero-order valence-corrected chi connectivity index (χ0v) is 10.1. The van der Waals surface area contributed by atoms with Gasteiger partial charge in [-0.25, -0.2) is 0 Å². The third kappa shape index (κ3) is 2.12. The van der Waals surface area contributed by atoms with E-state index in [-0.39, 0.29) is 0 Å². The van der Waals surface area contributed by atoms with Crippen LogP contribution in [0.3, 0.4) is 0 Å². The second-order valence-corrected chi connectivity index (χ2v) is 4.42. The Morgan fingerprint density at radius 2 is 2.31 bits per heavy atom. The summed E-state index contributed by atoms with van der Waals surface area (Å²) < 4.78 is 5.14. The summed E-state index contributed by atoms with van der Waals surface area (Å²) in [4.78, 5) is 2.40. The van der Waals surface area contributed by atoms with Crippen LogP contribution in [0.2, 0.25) is 0 Å². The molecule has 3 heteroatoms. The van der Waals surface area contributed by atoms with Crippen molar-refractivity contribution in [2.24, 2.45) is 5.73 Å². The molecular weight excluding hydrogens is 200 g/mol. The van der Waals surface area contributed by atoms with Crippen molar-refractivity contribution in [3.05, 3.63) is 34.9 Å². The molecule has 1 atom stereocenters. The topological polar surface area (TPSA) is 38.5 Å². The van der Waals surface area contributed by atoms with Crippen molar-refractivity contribution >= 4 is 0 Å². The molecule has 1 aromatic carbocycles. The zero-order valence-electron chi connectivity index (χ0n) is 10.1. The highest BCUT2D eigenvalue weighted by atomic mass is 16.5. The van der Waals surface area contributed by atoms with Gasteiger partial charge in [-0.3, -0.25) is 4.90 Å². The van der Waals surface area contributed by atoms with E-state index < -0.39 is 0 Å². The first-order chi connectivity index (χ1) is 7.76. The summed E-state index contributed by atoms with van der Waals surface area (Å²) >= 11 is 0. The molecule has 0 fully saturated rings. The fraction of sp³-hybridized carbons (Fsp3) is 0.538. The molecule has 1 aliphatic rings. The van der Waals surface area contributed by atoms with E-state index in [0.29, 0.717) is 12.6 Å². The van der Waals surface area contributed by atoms with E-state index in [9.17, 15) is 0 Å². The smallest absolute Gasteiger partial charge is 0.0590 e. The zero-order chi connectivity index (χ0) is 11.5. The largest absolute Gasteiger partial charge is 0.383 e. The van der Waals surface area contributed by atoms with E-state index in [1.54, 1.807) is 7.11 Å². The Hall–Kier alpha value is -0.900. The van der Waals surface area contributed by atoms with Crippen LogP contribution in [0, 0.1) is 6.92 Å². The van der Waals surface area contributed by atoms with Crippen LogP contribution in [-0.4, -0.2) is 31.7 Å². The van der Waals surface area contributed by atoms with Crippen LogP contribution in [0.25, 0.3) is 0 Å². The van der Waals surface area contributed by atoms with Gasteiger partial charge in [0.05, 0.1) is 6.61 Å². The second kappa shape index (κ2) is 4.95. The molecule has 3 nitrogen and oxygen atoms in total. The van der Waals surface area contributed by atoms with E-state index in [2.05, 4.69) is 30.0 Å². The lowest BCUT2D eigenvalue weighted by Crippen LogP contribution is -2.30. The Morgan fingerprint density at radius 1 is 1.50 bits per heavy atom. The molecular formula is C13H20N2O. The first-order valence-electron chi connectivity index (χ1n) is 5.78. The number of ether oxygens (including phenoxy) is 1. The summed E-state index contributed by atoms with van der Waals surface area (Å²) in [6.07, 6.45) is 0. The van der Waals surface area contributed by atoms with E-state index >= 15 is 0 Å². The number of fused-ring (bicyclic) bond motifs is 1. The average Bonchev–Trinajstić information content (AvgIpc) is 2.63. The maximum absolute atomic E-state index is 5.88. The fourth-order valence-electron chi connectivity index (χ4n) is 2.41. The lowest BCUT2D eigenvalue weighted by Gasteiger charge is -2.23. The number of nitrogens with zero attached hydrogens (tertiary/aromatic N) is 1. The molecule has 88 valence electrons. The maximum atomic E-state index is 5.88. The summed E-state index contributed by atoms with van der Waals surface area (Å²) in [7, 11) is 1.74. The van der Waals surface area contributed by atoms with Crippen molar-refractivity contribution in [2.75, 3.05) is 26.8 Å². The van der Waals surface area contributed by atoms with E-state index in [1.165, 1.54) is 16.7 Å². The number of benzene rings is 1. The van der Waals surface area contributed by atoms with Gasteiger partial charge in [0.2, 0.25) is 0 Å². The third-order valence-electron chi connectivity index (χ3n) is 3.28. The summed E-state index contributed by atoms with van der Waals surface area (Å²) in [5.41, 5.74) is 10.0. The predicted molar refractivity (Wildman–Crippen MR) is 65.3 cm³/mol. The molecule has 1 aromatic rings. The molecule has 0 saturated carbocycles. The predicted octanol–water partition coefficient (Wildman–Crippen LogP) is 1.46. The number of hydrogen-bond donors (Lipinski definition) is 1. The number of aryl methyl sites for hydroxylation is 1. The quantitative estimate of drug-likeness (QED) is 0.835. The van der Waals surface area contributed by atoms with Crippen molar-refractivity contribution in [1.82, 2.24) is 4.90 Å². The summed E-state index contributed by atoms with van der Waals surface area (Å²) in [6, 6.07) is 7.02. The summed E-state index contributed by atoms with van der Waals surface area (Å²) in [5.74, 6) is 0. The van der Waals surface area contributed by atoms with Gasteiger partial charge in [-0.15, -0.1) is 0 Å². The first-order valence-corrected chi connectivity index (χ1v) is 5.78. The normalized spacial score (nSPS) is 20.1. The minimum absolute atomic E-state index is 0.366. The van der Waals surface area contributed by atoms with Gasteiger partial charge in [0.15, 0.2) is 0 Å². The van der Waals surface area contributed by atoms with E-state index in [1.807, 2.05) is 0 Å². The van der Waals surface area contributed by atoms with Gasteiger partial charge in [0, 0.05) is 32.8 Å². The molecule has 1 heterocycles. The summed E-state index contributed by atoms with van der Waals surface area (Å²) in [6.45, 7) is 5.53. The van der Waals surface area contributed by atoms with Crippen LogP contribution in [-0.2, 0) is 11.3 Å². The van der Waals surface area contributed by atoms with Crippen LogP contribution in [0.15, 0.2) is 18.2 Å². The molecule has 1 unspecified atom stereocenters. The Balaban J connectivity index is 2.19. The molecule has 0 saturated heterocycles. The van der Waals surface area contributed by atoms with Crippen molar-refractivity contribution in [1.29, 1.82) is 0 Å². The van der Waals surface area contributed by atoms with Gasteiger partial charge in [-0.2, -0.15) is 0 Å². The Labute approximate surface area is 97.2 Å². The number of hydrogen-bond acceptors (Lipinski definition) is 3. The SMILES string of the molecule is COCCN1Cc2ccc(C)cc2C1CN. The molecule has 16 heavy (non-hydrogen) atoms. The Bertz CT molecular complexity index is 365. The minimum Gasteiger partial charge on any atom is -0.383 e. The Kier molecular flexibility index (Phi) is 3.59. The number of nitrogens with two attached hydrogens (primary N) is 1. The van der Waals surface area contributed by atoms with Crippen LogP contribution in [0.5, 0.6) is 0 Å². The lowest BCUT2D eigenvalue weighted by atomic mass is 10.0. The maximum Gasteiger partial charge on any atom is 0.0590 e. The molecule has 2 N–H and O–H groups in total. The van der Waals surface area contributed by atoms with Crippen LogP contribution in [0.1, 0.15) is 22.7 Å². The first kappa shape index (κ1) is 11.6. The highest BCUT2D eigenvalue weighted by Crippen LogP contribution is 2.33. The average molecular weight is 220 g/mol. The van der Waals surface area contributed by atoms with Gasteiger partial charge in [0.25, 0.3) is 0 Å². The standard InChI is InChI=1S/C13H20N2O/c1-10-3-4-11-9-15(5-6-16-2)13(8-14)12(11)7-10/h3-4,7,13H,5-6,8-9,14H2,1-2H3. The molecule has 0 radical (unpaired) electrons. The molecule has 0 amide bonds. The van der Waals surface area contributed by atoms with Crippen LogP contribution >= 0.6 is 0 Å². The van der Waals surface area contributed by atoms with Gasteiger partial charge >= 0.3 is 0 Å². The molecule has 1 aliphatic heterocycles. The van der Waals surface area contributed by atoms with Crippen molar-refractivity contribution in [3.8, 4) is 0 Å². The van der Waals surface area contributed by atoms with Gasteiger partial charge < -0.3 is 10.5 Å². The highest BCUT2D eigenvalue weighted by Gasteiger charge is 2.28. The number of methoxy groups -OCH3 is 1. The monoisotopic (exact) mass is 220 g/mol. The van der Waals surface area contributed by atoms with Gasteiger partial charge in [-0.1, -0.05) is 23.8 Å². The molecule has 0 spiro atoms. The second-order valence-electron chi connectivity index (χ2n) is 4.42. The van der Waals surface area contributed by atoms with Crippen LogP contribution in [0.4, 0.5) is 0 Å². The lowest BCUT2D eigenvalue weighted by molar-refractivity contribution is 0.128. The molecule has 0 bridgehead atoms. The molecule has 0 aromatic heterocycles. The summed E-state index contributed by atoms with van der Waals surface area (Å²) in [5, 5.41) is 0. The molecule has 0 aliphatic carbocycles. The van der Waals surface area contributed by atoms with Gasteiger partial charge in [0.1, 0.15) is 0 Å². The van der Waals surface area contributed by atoms with Crippen LogP contribution < -0.4 is 5.73 Å². The third-order valence-corrected chi connectivity index (χ3v) is 3.28. The van der Waals surface area contributed by atoms with Gasteiger partial charge in [-0.05, 0) is 18.1 Å². The minimum atomic E-state index is 0.366.